The number of carbonyl (C=O) groups is 2. The van der Waals surface area contributed by atoms with Gasteiger partial charge in [0.2, 0.25) is 11.4 Å². The molecule has 0 aromatic heterocycles. The van der Waals surface area contributed by atoms with E-state index in [1.807, 2.05) is 30.3 Å². The molecule has 1 heterocycles. The van der Waals surface area contributed by atoms with Gasteiger partial charge in [-0.15, -0.1) is 0 Å². The van der Waals surface area contributed by atoms with Crippen LogP contribution in [0.5, 0.6) is 0 Å². The van der Waals surface area contributed by atoms with Crippen molar-refractivity contribution < 1.29 is 23.8 Å². The molecular weight excluding hydrogens is 448 g/mol. The number of carbonyl (C=O) groups excluding carboxylic acids is 2. The Balaban J connectivity index is 1.85. The smallest absolute Gasteiger partial charge is 0.373 e. The van der Waals surface area contributed by atoms with E-state index in [0.717, 1.165) is 15.6 Å². The molecule has 0 saturated heterocycles. The standard InChI is InChI=1S/C24H23BrO5/c1-3-29-22(26)20-13-19-21(15-8-5-4-6-9-15)18(16-10-7-11-17(25)12-16)14-24(19,30-20)23(27)28-2/h4-13,18-19,21H,3,14H2,1-2H3/t18-,19?,21-,24-/m0/s1. The quantitative estimate of drug-likeness (QED) is 0.591. The number of esters is 2. The third-order valence-corrected chi connectivity index (χ3v) is 6.47. The van der Waals surface area contributed by atoms with Gasteiger partial charge in [0.05, 0.1) is 13.7 Å². The maximum absolute atomic E-state index is 13.0. The fourth-order valence-electron chi connectivity index (χ4n) is 4.79. The van der Waals surface area contributed by atoms with Crippen molar-refractivity contribution in [1.82, 2.24) is 0 Å². The molecule has 2 aromatic rings. The molecule has 0 radical (unpaired) electrons. The monoisotopic (exact) mass is 470 g/mol. The molecule has 4 atom stereocenters. The minimum absolute atomic E-state index is 0.00833. The fraction of sp³-hybridized carbons (Fsp3) is 0.333. The molecule has 1 fully saturated rings. The number of hydrogen-bond donors (Lipinski definition) is 0. The Labute approximate surface area is 184 Å². The first-order valence-corrected chi connectivity index (χ1v) is 10.8. The maximum Gasteiger partial charge on any atom is 0.373 e. The second-order valence-electron chi connectivity index (χ2n) is 7.56. The topological polar surface area (TPSA) is 61.8 Å². The normalized spacial score (nSPS) is 27.0. The lowest BCUT2D eigenvalue weighted by Crippen LogP contribution is -2.43. The van der Waals surface area contributed by atoms with Crippen LogP contribution < -0.4 is 0 Å². The van der Waals surface area contributed by atoms with Crippen LogP contribution >= 0.6 is 15.9 Å². The summed E-state index contributed by atoms with van der Waals surface area (Å²) in [5.74, 6) is -1.35. The summed E-state index contributed by atoms with van der Waals surface area (Å²) in [6.07, 6.45) is 2.16. The van der Waals surface area contributed by atoms with E-state index in [2.05, 4.69) is 40.2 Å². The van der Waals surface area contributed by atoms with Crippen LogP contribution in [0.1, 0.15) is 36.3 Å². The van der Waals surface area contributed by atoms with E-state index in [9.17, 15) is 9.59 Å². The number of rotatable bonds is 5. The van der Waals surface area contributed by atoms with E-state index in [1.165, 1.54) is 7.11 Å². The molecule has 30 heavy (non-hydrogen) atoms. The van der Waals surface area contributed by atoms with E-state index >= 15 is 0 Å². The molecular formula is C24H23BrO5. The van der Waals surface area contributed by atoms with Gasteiger partial charge in [-0.3, -0.25) is 0 Å². The molecule has 0 amide bonds. The summed E-state index contributed by atoms with van der Waals surface area (Å²) in [7, 11) is 1.35. The lowest BCUT2D eigenvalue weighted by Gasteiger charge is -2.27. The molecule has 0 bridgehead atoms. The highest BCUT2D eigenvalue weighted by atomic mass is 79.9. The van der Waals surface area contributed by atoms with Crippen molar-refractivity contribution in [3.05, 3.63) is 82.0 Å². The molecule has 1 aliphatic carbocycles. The van der Waals surface area contributed by atoms with Crippen LogP contribution in [0, 0.1) is 5.92 Å². The van der Waals surface area contributed by atoms with E-state index in [4.69, 9.17) is 14.2 Å². The zero-order chi connectivity index (χ0) is 21.3. The number of methoxy groups -OCH3 is 1. The summed E-state index contributed by atoms with van der Waals surface area (Å²) in [5.41, 5.74) is 0.929. The summed E-state index contributed by atoms with van der Waals surface area (Å²) in [6, 6.07) is 18.1. The predicted octanol–water partition coefficient (Wildman–Crippen LogP) is 4.73. The average Bonchev–Trinajstić information content (AvgIpc) is 3.28. The Kier molecular flexibility index (Phi) is 5.69. The van der Waals surface area contributed by atoms with Crippen LogP contribution in [-0.4, -0.2) is 31.3 Å². The van der Waals surface area contributed by atoms with Crippen LogP contribution in [0.15, 0.2) is 70.9 Å². The lowest BCUT2D eigenvalue weighted by molar-refractivity contribution is -0.167. The minimum atomic E-state index is -1.26. The number of halogens is 1. The molecule has 6 heteroatoms. The second-order valence-corrected chi connectivity index (χ2v) is 8.48. The van der Waals surface area contributed by atoms with Crippen LogP contribution in [0.3, 0.4) is 0 Å². The highest BCUT2D eigenvalue weighted by molar-refractivity contribution is 9.10. The summed E-state index contributed by atoms with van der Waals surface area (Å²) in [5, 5.41) is 0. The first-order valence-electron chi connectivity index (χ1n) is 9.97. The van der Waals surface area contributed by atoms with Crippen molar-refractivity contribution in [2.75, 3.05) is 13.7 Å². The van der Waals surface area contributed by atoms with Crippen LogP contribution in [-0.2, 0) is 23.8 Å². The summed E-state index contributed by atoms with van der Waals surface area (Å²) in [4.78, 5) is 25.4. The number of hydrogen-bond acceptors (Lipinski definition) is 5. The van der Waals surface area contributed by atoms with Crippen LogP contribution in [0.25, 0.3) is 0 Å². The van der Waals surface area contributed by atoms with E-state index in [1.54, 1.807) is 13.0 Å². The van der Waals surface area contributed by atoms with Crippen molar-refractivity contribution in [3.8, 4) is 0 Å². The molecule has 5 nitrogen and oxygen atoms in total. The van der Waals surface area contributed by atoms with Crippen molar-refractivity contribution in [2.24, 2.45) is 5.92 Å². The van der Waals surface area contributed by atoms with Gasteiger partial charge in [0, 0.05) is 22.7 Å². The summed E-state index contributed by atoms with van der Waals surface area (Å²) < 4.78 is 17.3. The molecule has 4 rings (SSSR count). The predicted molar refractivity (Wildman–Crippen MR) is 115 cm³/mol. The third kappa shape index (κ3) is 3.43. The van der Waals surface area contributed by atoms with E-state index in [-0.39, 0.29) is 30.1 Å². The molecule has 156 valence electrons. The van der Waals surface area contributed by atoms with Gasteiger partial charge in [-0.25, -0.2) is 9.59 Å². The van der Waals surface area contributed by atoms with Gasteiger partial charge in [0.25, 0.3) is 0 Å². The van der Waals surface area contributed by atoms with Gasteiger partial charge in [-0.1, -0.05) is 58.4 Å². The van der Waals surface area contributed by atoms with Gasteiger partial charge in [0.1, 0.15) is 0 Å². The number of ether oxygens (including phenoxy) is 3. The van der Waals surface area contributed by atoms with Gasteiger partial charge in [0.15, 0.2) is 0 Å². The maximum atomic E-state index is 13.0. The Morgan fingerprint density at radius 1 is 1.13 bits per heavy atom. The highest BCUT2D eigenvalue weighted by Crippen LogP contribution is 2.60. The Hall–Kier alpha value is -2.60. The van der Waals surface area contributed by atoms with Gasteiger partial charge < -0.3 is 14.2 Å². The van der Waals surface area contributed by atoms with E-state index in [0.29, 0.717) is 6.42 Å². The Morgan fingerprint density at radius 2 is 1.87 bits per heavy atom. The molecule has 0 N–H and O–H groups in total. The first-order chi connectivity index (χ1) is 14.5. The van der Waals surface area contributed by atoms with Gasteiger partial charge in [-0.2, -0.15) is 0 Å². The third-order valence-electron chi connectivity index (χ3n) is 5.97. The van der Waals surface area contributed by atoms with Gasteiger partial charge >= 0.3 is 11.9 Å². The van der Waals surface area contributed by atoms with Crippen LogP contribution in [0.4, 0.5) is 0 Å². The number of fused-ring (bicyclic) bond motifs is 1. The second kappa shape index (κ2) is 8.26. The first kappa shape index (κ1) is 20.7. The zero-order valence-corrected chi connectivity index (χ0v) is 18.4. The molecule has 1 saturated carbocycles. The zero-order valence-electron chi connectivity index (χ0n) is 16.8. The molecule has 2 aromatic carbocycles. The fourth-order valence-corrected chi connectivity index (χ4v) is 5.21. The summed E-state index contributed by atoms with van der Waals surface area (Å²) >= 11 is 3.55. The molecule has 1 aliphatic heterocycles. The molecule has 2 aliphatic rings. The molecule has 1 unspecified atom stereocenters. The summed E-state index contributed by atoms with van der Waals surface area (Å²) in [6.45, 7) is 1.97. The average molecular weight is 471 g/mol. The van der Waals surface area contributed by atoms with E-state index < -0.39 is 17.5 Å². The lowest BCUT2D eigenvalue weighted by atomic mass is 9.78. The van der Waals surface area contributed by atoms with Crippen molar-refractivity contribution >= 4 is 27.9 Å². The van der Waals surface area contributed by atoms with Crippen molar-refractivity contribution in [1.29, 1.82) is 0 Å². The number of benzene rings is 2. The van der Waals surface area contributed by atoms with Crippen LogP contribution in [0.2, 0.25) is 0 Å². The minimum Gasteiger partial charge on any atom is -0.468 e. The molecule has 0 spiro atoms. The van der Waals surface area contributed by atoms with Crippen molar-refractivity contribution in [3.63, 3.8) is 0 Å². The Morgan fingerprint density at radius 3 is 2.53 bits per heavy atom. The largest absolute Gasteiger partial charge is 0.468 e. The Bertz CT molecular complexity index is 986. The van der Waals surface area contributed by atoms with Gasteiger partial charge in [-0.05, 0) is 42.2 Å². The highest BCUT2D eigenvalue weighted by Gasteiger charge is 2.64. The van der Waals surface area contributed by atoms with Crippen molar-refractivity contribution in [2.45, 2.75) is 30.8 Å². The SMILES string of the molecule is CCOC(=O)C1=CC2[C@@H](c3ccccc3)[C@H](c3cccc(Br)c3)C[C@]2(C(=O)OC)O1.